The Kier molecular flexibility index (Phi) is 7.59. The van der Waals surface area contributed by atoms with Crippen LogP contribution in [0.15, 0.2) is 24.3 Å². The third-order valence-electron chi connectivity index (χ3n) is 4.78. The molecule has 0 saturated carbocycles. The molecule has 5 nitrogen and oxygen atoms in total. The van der Waals surface area contributed by atoms with E-state index in [-0.39, 0.29) is 36.2 Å². The molecule has 0 aliphatic carbocycles. The summed E-state index contributed by atoms with van der Waals surface area (Å²) in [6.07, 6.45) is 1.51. The van der Waals surface area contributed by atoms with Crippen molar-refractivity contribution < 1.29 is 9.59 Å². The van der Waals surface area contributed by atoms with E-state index < -0.39 is 0 Å². The molecule has 0 bridgehead atoms. The minimum atomic E-state index is -0.0399. The molecule has 3 rings (SSSR count). The van der Waals surface area contributed by atoms with Gasteiger partial charge in [-0.25, -0.2) is 0 Å². The van der Waals surface area contributed by atoms with E-state index >= 15 is 0 Å². The monoisotopic (exact) mass is 383 g/mol. The molecule has 1 aromatic carbocycles. The van der Waals surface area contributed by atoms with E-state index in [2.05, 4.69) is 29.7 Å². The number of likely N-dealkylation sites (tertiary alicyclic amines) is 1. The van der Waals surface area contributed by atoms with E-state index in [4.69, 9.17) is 0 Å². The van der Waals surface area contributed by atoms with Gasteiger partial charge in [-0.05, 0) is 25.3 Å². The molecule has 2 heterocycles. The summed E-state index contributed by atoms with van der Waals surface area (Å²) in [5.41, 5.74) is 2.34. The number of rotatable bonds is 4. The summed E-state index contributed by atoms with van der Waals surface area (Å²) in [5, 5.41) is 6.25. The van der Waals surface area contributed by atoms with Crippen LogP contribution in [0.2, 0.25) is 0 Å². The van der Waals surface area contributed by atoms with E-state index in [1.165, 1.54) is 5.56 Å². The third-order valence-corrected chi connectivity index (χ3v) is 5.72. The fourth-order valence-corrected chi connectivity index (χ4v) is 4.11. The Hall–Kier alpha value is -1.24. The average molecular weight is 384 g/mol. The highest BCUT2D eigenvalue weighted by molar-refractivity contribution is 7.99. The van der Waals surface area contributed by atoms with Crippen molar-refractivity contribution in [3.63, 3.8) is 0 Å². The molecule has 1 aromatic rings. The van der Waals surface area contributed by atoms with E-state index in [0.29, 0.717) is 19.6 Å². The first-order valence-electron chi connectivity index (χ1n) is 8.56. The van der Waals surface area contributed by atoms with Crippen molar-refractivity contribution in [1.29, 1.82) is 0 Å². The van der Waals surface area contributed by atoms with Gasteiger partial charge in [-0.3, -0.25) is 14.9 Å². The van der Waals surface area contributed by atoms with Crippen LogP contribution < -0.4 is 10.6 Å². The van der Waals surface area contributed by atoms with Crippen LogP contribution in [0, 0.1) is 12.8 Å². The van der Waals surface area contributed by atoms with E-state index in [1.54, 1.807) is 11.8 Å². The van der Waals surface area contributed by atoms with Crippen LogP contribution in [0.4, 0.5) is 0 Å². The molecule has 7 heteroatoms. The molecule has 1 atom stereocenters. The SMILES string of the molecule is Cc1ccc(CNC(=O)C2CCN(C(=O)C3CSCN3)CC2)cc1.Cl. The molecule has 2 fully saturated rings. The number of hydrogen-bond donors (Lipinski definition) is 2. The number of hydrogen-bond acceptors (Lipinski definition) is 4. The van der Waals surface area contributed by atoms with Crippen molar-refractivity contribution in [2.45, 2.75) is 32.4 Å². The highest BCUT2D eigenvalue weighted by Crippen LogP contribution is 2.20. The van der Waals surface area contributed by atoms with Gasteiger partial charge in [0.15, 0.2) is 0 Å². The maximum atomic E-state index is 12.4. The van der Waals surface area contributed by atoms with Gasteiger partial charge in [-0.15, -0.1) is 24.2 Å². The Morgan fingerprint density at radius 1 is 1.24 bits per heavy atom. The zero-order valence-electron chi connectivity index (χ0n) is 14.5. The number of amides is 2. The molecule has 2 aliphatic rings. The smallest absolute Gasteiger partial charge is 0.240 e. The zero-order valence-corrected chi connectivity index (χ0v) is 16.1. The number of benzene rings is 1. The van der Waals surface area contributed by atoms with Crippen LogP contribution in [-0.4, -0.2) is 47.5 Å². The molecule has 0 aromatic heterocycles. The molecule has 1 unspecified atom stereocenters. The fraction of sp³-hybridized carbons (Fsp3) is 0.556. The minimum absolute atomic E-state index is 0. The van der Waals surface area contributed by atoms with Gasteiger partial charge in [0.2, 0.25) is 11.8 Å². The van der Waals surface area contributed by atoms with Gasteiger partial charge in [0.25, 0.3) is 0 Å². The second-order valence-electron chi connectivity index (χ2n) is 6.57. The lowest BCUT2D eigenvalue weighted by molar-refractivity contribution is -0.136. The van der Waals surface area contributed by atoms with Crippen LogP contribution in [0.5, 0.6) is 0 Å². The lowest BCUT2D eigenvalue weighted by Crippen LogP contribution is -2.49. The summed E-state index contributed by atoms with van der Waals surface area (Å²) in [6.45, 7) is 3.99. The third kappa shape index (κ3) is 5.36. The average Bonchev–Trinajstić information content (AvgIpc) is 3.15. The standard InChI is InChI=1S/C18H25N3O2S.ClH/c1-13-2-4-14(5-3-13)10-19-17(22)15-6-8-21(9-7-15)18(23)16-11-24-12-20-16;/h2-5,15-16,20H,6-12H2,1H3,(H,19,22);1H. The summed E-state index contributed by atoms with van der Waals surface area (Å²) in [5.74, 6) is 2.03. The molecule has 0 spiro atoms. The molecule has 0 radical (unpaired) electrons. The highest BCUT2D eigenvalue weighted by Gasteiger charge is 2.31. The van der Waals surface area contributed by atoms with Gasteiger partial charge < -0.3 is 10.2 Å². The lowest BCUT2D eigenvalue weighted by Gasteiger charge is -2.32. The number of nitrogens with one attached hydrogen (secondary N) is 2. The number of carbonyl (C=O) groups is 2. The minimum Gasteiger partial charge on any atom is -0.352 e. The van der Waals surface area contributed by atoms with Gasteiger partial charge in [0.05, 0.1) is 6.04 Å². The summed E-state index contributed by atoms with van der Waals surface area (Å²) in [6, 6.07) is 8.16. The second-order valence-corrected chi connectivity index (χ2v) is 7.61. The highest BCUT2D eigenvalue weighted by atomic mass is 35.5. The summed E-state index contributed by atoms with van der Waals surface area (Å²) < 4.78 is 0. The molecule has 138 valence electrons. The summed E-state index contributed by atoms with van der Waals surface area (Å²) in [4.78, 5) is 26.6. The van der Waals surface area contributed by atoms with Crippen molar-refractivity contribution in [3.8, 4) is 0 Å². The van der Waals surface area contributed by atoms with Crippen LogP contribution >= 0.6 is 24.2 Å². The zero-order chi connectivity index (χ0) is 16.9. The Morgan fingerprint density at radius 3 is 2.52 bits per heavy atom. The number of thioether (sulfide) groups is 1. The van der Waals surface area contributed by atoms with Crippen molar-refractivity contribution in [1.82, 2.24) is 15.5 Å². The van der Waals surface area contributed by atoms with Gasteiger partial charge in [0.1, 0.15) is 0 Å². The van der Waals surface area contributed by atoms with E-state index in [9.17, 15) is 9.59 Å². The number of halogens is 1. The van der Waals surface area contributed by atoms with Crippen molar-refractivity contribution in [2.24, 2.45) is 5.92 Å². The topological polar surface area (TPSA) is 61.4 Å². The first-order valence-corrected chi connectivity index (χ1v) is 9.72. The molecular weight excluding hydrogens is 358 g/mol. The molecule has 2 saturated heterocycles. The van der Waals surface area contributed by atoms with E-state index in [0.717, 1.165) is 30.0 Å². The molecular formula is C18H26ClN3O2S. The van der Waals surface area contributed by atoms with Crippen LogP contribution in [0.3, 0.4) is 0 Å². The Labute approximate surface area is 159 Å². The van der Waals surface area contributed by atoms with Crippen molar-refractivity contribution in [3.05, 3.63) is 35.4 Å². The van der Waals surface area contributed by atoms with Crippen LogP contribution in [-0.2, 0) is 16.1 Å². The van der Waals surface area contributed by atoms with Crippen LogP contribution in [0.25, 0.3) is 0 Å². The maximum absolute atomic E-state index is 12.4. The normalized spacial score (nSPS) is 20.8. The predicted molar refractivity (Wildman–Crippen MR) is 104 cm³/mol. The Morgan fingerprint density at radius 2 is 1.92 bits per heavy atom. The first kappa shape index (κ1) is 20.1. The van der Waals surface area contributed by atoms with Crippen molar-refractivity contribution in [2.75, 3.05) is 24.7 Å². The Bertz CT molecular complexity index is 582. The molecule has 25 heavy (non-hydrogen) atoms. The second kappa shape index (κ2) is 9.46. The number of aryl methyl sites for hydroxylation is 1. The number of nitrogens with zero attached hydrogens (tertiary/aromatic N) is 1. The lowest BCUT2D eigenvalue weighted by atomic mass is 9.95. The largest absolute Gasteiger partial charge is 0.352 e. The molecule has 2 aliphatic heterocycles. The summed E-state index contributed by atoms with van der Waals surface area (Å²) in [7, 11) is 0. The number of piperidine rings is 1. The first-order chi connectivity index (χ1) is 11.6. The van der Waals surface area contributed by atoms with E-state index in [1.807, 2.05) is 17.0 Å². The van der Waals surface area contributed by atoms with Crippen LogP contribution in [0.1, 0.15) is 24.0 Å². The fourth-order valence-electron chi connectivity index (χ4n) is 3.18. The van der Waals surface area contributed by atoms with Gasteiger partial charge >= 0.3 is 0 Å². The molecule has 2 N–H and O–H groups in total. The Balaban J connectivity index is 0.00000225. The van der Waals surface area contributed by atoms with Crippen molar-refractivity contribution >= 4 is 36.0 Å². The predicted octanol–water partition coefficient (Wildman–Crippen LogP) is 1.93. The van der Waals surface area contributed by atoms with Gasteiger partial charge in [-0.1, -0.05) is 29.8 Å². The number of carbonyl (C=O) groups excluding carboxylic acids is 2. The molecule has 2 amide bonds. The maximum Gasteiger partial charge on any atom is 0.240 e. The summed E-state index contributed by atoms with van der Waals surface area (Å²) >= 11 is 1.76. The van der Waals surface area contributed by atoms with Gasteiger partial charge in [0, 0.05) is 37.2 Å². The quantitative estimate of drug-likeness (QED) is 0.834. The van der Waals surface area contributed by atoms with Gasteiger partial charge in [-0.2, -0.15) is 0 Å².